The zero-order valence-corrected chi connectivity index (χ0v) is 12.9. The molecule has 102 valence electrons. The average molecular weight is 330 g/mol. The summed E-state index contributed by atoms with van der Waals surface area (Å²) in [5, 5.41) is 0. The summed E-state index contributed by atoms with van der Waals surface area (Å²) < 4.78 is 3.21. The highest BCUT2D eigenvalue weighted by molar-refractivity contribution is 9.10. The van der Waals surface area contributed by atoms with Gasteiger partial charge in [0.05, 0.1) is 11.0 Å². The Bertz CT molecular complexity index is 762. The second kappa shape index (κ2) is 5.29. The molecule has 0 aliphatic rings. The summed E-state index contributed by atoms with van der Waals surface area (Å²) >= 11 is 3.49. The number of nitrogens with zero attached hydrogens (tertiary/aromatic N) is 2. The van der Waals surface area contributed by atoms with E-state index < -0.39 is 0 Å². The number of anilines is 1. The zero-order chi connectivity index (χ0) is 14.1. The number of benzene rings is 2. The quantitative estimate of drug-likeness (QED) is 0.744. The Kier molecular flexibility index (Phi) is 3.49. The molecular weight excluding hydrogens is 314 g/mol. The third kappa shape index (κ3) is 2.43. The molecule has 3 nitrogen and oxygen atoms in total. The Hall–Kier alpha value is -1.81. The van der Waals surface area contributed by atoms with Gasteiger partial charge in [-0.05, 0) is 36.2 Å². The fourth-order valence-corrected chi connectivity index (χ4v) is 2.80. The zero-order valence-electron chi connectivity index (χ0n) is 11.3. The standard InChI is InChI=1S/C16H16BrN3/c1-20-15-8-7-12(17)10-14(15)19-16(20)9-6-11-4-2-3-5-13(11)18/h2-5,7-8,10H,6,9,18H2,1H3. The Balaban J connectivity index is 1.88. The van der Waals surface area contributed by atoms with Crippen molar-refractivity contribution < 1.29 is 0 Å². The number of nitrogens with two attached hydrogens (primary N) is 1. The lowest BCUT2D eigenvalue weighted by atomic mass is 10.1. The fraction of sp³-hybridized carbons (Fsp3) is 0.188. The van der Waals surface area contributed by atoms with E-state index >= 15 is 0 Å². The van der Waals surface area contributed by atoms with Crippen LogP contribution in [-0.2, 0) is 19.9 Å². The van der Waals surface area contributed by atoms with Gasteiger partial charge in [0.25, 0.3) is 0 Å². The second-order valence-corrected chi connectivity index (χ2v) is 5.83. The molecule has 3 aromatic rings. The van der Waals surface area contributed by atoms with Gasteiger partial charge < -0.3 is 10.3 Å². The number of aromatic nitrogens is 2. The van der Waals surface area contributed by atoms with E-state index in [1.165, 1.54) is 5.56 Å². The monoisotopic (exact) mass is 329 g/mol. The van der Waals surface area contributed by atoms with Gasteiger partial charge in [-0.1, -0.05) is 34.1 Å². The molecular formula is C16H16BrN3. The molecule has 0 radical (unpaired) electrons. The van der Waals surface area contributed by atoms with Crippen molar-refractivity contribution in [2.24, 2.45) is 7.05 Å². The summed E-state index contributed by atoms with van der Waals surface area (Å²) in [7, 11) is 2.06. The Morgan fingerprint density at radius 3 is 2.75 bits per heavy atom. The molecule has 0 amide bonds. The molecule has 2 aromatic carbocycles. The maximum Gasteiger partial charge on any atom is 0.109 e. The van der Waals surface area contributed by atoms with Gasteiger partial charge in [0.1, 0.15) is 5.82 Å². The molecule has 1 aromatic heterocycles. The van der Waals surface area contributed by atoms with Crippen LogP contribution in [0.25, 0.3) is 11.0 Å². The highest BCUT2D eigenvalue weighted by Gasteiger charge is 2.08. The molecule has 0 unspecified atom stereocenters. The lowest BCUT2D eigenvalue weighted by molar-refractivity contribution is 0.787. The van der Waals surface area contributed by atoms with Crippen LogP contribution in [0.3, 0.4) is 0 Å². The smallest absolute Gasteiger partial charge is 0.109 e. The molecule has 0 aliphatic heterocycles. The number of imidazole rings is 1. The third-order valence-corrected chi connectivity index (χ3v) is 4.10. The molecule has 0 saturated carbocycles. The Morgan fingerprint density at radius 1 is 1.15 bits per heavy atom. The predicted octanol–water partition coefficient (Wildman–Crippen LogP) is 3.70. The molecule has 0 aliphatic carbocycles. The first-order valence-corrected chi connectivity index (χ1v) is 7.38. The lowest BCUT2D eigenvalue weighted by Gasteiger charge is -2.05. The molecule has 0 saturated heterocycles. The van der Waals surface area contributed by atoms with E-state index in [1.54, 1.807) is 0 Å². The van der Waals surface area contributed by atoms with E-state index in [9.17, 15) is 0 Å². The van der Waals surface area contributed by atoms with E-state index in [0.717, 1.165) is 39.9 Å². The average Bonchev–Trinajstić information content (AvgIpc) is 2.74. The summed E-state index contributed by atoms with van der Waals surface area (Å²) in [6.07, 6.45) is 1.79. The van der Waals surface area contributed by atoms with Gasteiger partial charge in [-0.2, -0.15) is 0 Å². The predicted molar refractivity (Wildman–Crippen MR) is 86.7 cm³/mol. The van der Waals surface area contributed by atoms with Crippen molar-refractivity contribution in [1.29, 1.82) is 0 Å². The number of para-hydroxylation sites is 1. The minimum Gasteiger partial charge on any atom is -0.399 e. The number of halogens is 1. The van der Waals surface area contributed by atoms with Crippen molar-refractivity contribution in [3.8, 4) is 0 Å². The normalized spacial score (nSPS) is 11.1. The molecule has 2 N–H and O–H groups in total. The highest BCUT2D eigenvalue weighted by Crippen LogP contribution is 2.21. The first-order chi connectivity index (χ1) is 9.65. The van der Waals surface area contributed by atoms with Crippen LogP contribution in [0.4, 0.5) is 5.69 Å². The third-order valence-electron chi connectivity index (χ3n) is 3.61. The van der Waals surface area contributed by atoms with Crippen molar-refractivity contribution in [2.45, 2.75) is 12.8 Å². The van der Waals surface area contributed by atoms with Crippen molar-refractivity contribution in [3.05, 3.63) is 58.3 Å². The van der Waals surface area contributed by atoms with Gasteiger partial charge in [-0.25, -0.2) is 4.98 Å². The Labute approximate surface area is 126 Å². The van der Waals surface area contributed by atoms with E-state index in [0.29, 0.717) is 0 Å². The maximum absolute atomic E-state index is 5.98. The largest absolute Gasteiger partial charge is 0.399 e. The van der Waals surface area contributed by atoms with Gasteiger partial charge in [-0.3, -0.25) is 0 Å². The summed E-state index contributed by atoms with van der Waals surface area (Å²) in [6.45, 7) is 0. The molecule has 0 bridgehead atoms. The first kappa shape index (κ1) is 13.2. The van der Waals surface area contributed by atoms with E-state index in [4.69, 9.17) is 10.7 Å². The van der Waals surface area contributed by atoms with Gasteiger partial charge in [-0.15, -0.1) is 0 Å². The number of rotatable bonds is 3. The van der Waals surface area contributed by atoms with Gasteiger partial charge in [0.15, 0.2) is 0 Å². The molecule has 1 heterocycles. The summed E-state index contributed by atoms with van der Waals surface area (Å²) in [5.41, 5.74) is 10.2. The SMILES string of the molecule is Cn1c(CCc2ccccc2N)nc2cc(Br)ccc21. The van der Waals surface area contributed by atoms with Crippen LogP contribution in [0.2, 0.25) is 0 Å². The van der Waals surface area contributed by atoms with Crippen LogP contribution in [0.15, 0.2) is 46.9 Å². The van der Waals surface area contributed by atoms with Crippen LogP contribution in [-0.4, -0.2) is 9.55 Å². The first-order valence-electron chi connectivity index (χ1n) is 6.59. The Morgan fingerprint density at radius 2 is 1.95 bits per heavy atom. The van der Waals surface area contributed by atoms with E-state index in [1.807, 2.05) is 24.3 Å². The van der Waals surface area contributed by atoms with E-state index in [2.05, 4.69) is 45.7 Å². The minimum absolute atomic E-state index is 0.856. The number of fused-ring (bicyclic) bond motifs is 1. The van der Waals surface area contributed by atoms with Gasteiger partial charge in [0, 0.05) is 23.6 Å². The van der Waals surface area contributed by atoms with Crippen molar-refractivity contribution in [2.75, 3.05) is 5.73 Å². The van der Waals surface area contributed by atoms with Gasteiger partial charge in [0.2, 0.25) is 0 Å². The fourth-order valence-electron chi connectivity index (χ4n) is 2.45. The topological polar surface area (TPSA) is 43.8 Å². The summed E-state index contributed by atoms with van der Waals surface area (Å²) in [4.78, 5) is 4.71. The summed E-state index contributed by atoms with van der Waals surface area (Å²) in [6, 6.07) is 14.2. The molecule has 3 rings (SSSR count). The van der Waals surface area contributed by atoms with Crippen LogP contribution < -0.4 is 5.73 Å². The van der Waals surface area contributed by atoms with Crippen LogP contribution in [0, 0.1) is 0 Å². The molecule has 0 fully saturated rings. The number of aryl methyl sites for hydroxylation is 3. The molecule has 0 spiro atoms. The van der Waals surface area contributed by atoms with E-state index in [-0.39, 0.29) is 0 Å². The highest BCUT2D eigenvalue weighted by atomic mass is 79.9. The van der Waals surface area contributed by atoms with Crippen molar-refractivity contribution in [3.63, 3.8) is 0 Å². The van der Waals surface area contributed by atoms with Crippen molar-refractivity contribution >= 4 is 32.7 Å². The second-order valence-electron chi connectivity index (χ2n) is 4.92. The van der Waals surface area contributed by atoms with Crippen LogP contribution >= 0.6 is 15.9 Å². The van der Waals surface area contributed by atoms with Crippen LogP contribution in [0.1, 0.15) is 11.4 Å². The maximum atomic E-state index is 5.98. The van der Waals surface area contributed by atoms with Crippen molar-refractivity contribution in [1.82, 2.24) is 9.55 Å². The molecule has 4 heteroatoms. The number of nitrogen functional groups attached to an aromatic ring is 1. The van der Waals surface area contributed by atoms with Crippen LogP contribution in [0.5, 0.6) is 0 Å². The molecule has 20 heavy (non-hydrogen) atoms. The summed E-state index contributed by atoms with van der Waals surface area (Å²) in [5.74, 6) is 1.08. The lowest BCUT2D eigenvalue weighted by Crippen LogP contribution is -2.02. The van der Waals surface area contributed by atoms with Gasteiger partial charge >= 0.3 is 0 Å². The molecule has 0 atom stereocenters. The minimum atomic E-state index is 0.856. The number of hydrogen-bond acceptors (Lipinski definition) is 2. The number of hydrogen-bond donors (Lipinski definition) is 1.